The number of allylic oxidation sites excluding steroid dienone is 4. The summed E-state index contributed by atoms with van der Waals surface area (Å²) >= 11 is 0. The molecule has 4 aliphatic carbocycles. The maximum absolute atomic E-state index is 16.9. The number of amides is 1. The molecule has 4 aliphatic rings. The minimum Gasteiger partial charge on any atom is -0.379 e. The molecule has 7 atom stereocenters. The Bertz CT molecular complexity index is 821. The Hall–Kier alpha value is -1.49. The highest BCUT2D eigenvalue weighted by molar-refractivity contribution is 6.01. The van der Waals surface area contributed by atoms with Crippen molar-refractivity contribution in [2.75, 3.05) is 6.54 Å². The molecule has 166 valence electrons. The maximum atomic E-state index is 16.9. The molecular formula is C25H36FNO3. The van der Waals surface area contributed by atoms with Crippen molar-refractivity contribution in [2.45, 2.75) is 83.9 Å². The molecule has 0 aromatic rings. The monoisotopic (exact) mass is 417 g/mol. The van der Waals surface area contributed by atoms with E-state index >= 15 is 4.39 Å². The third-order valence-electron chi connectivity index (χ3n) is 9.41. The molecule has 1 amide bonds. The summed E-state index contributed by atoms with van der Waals surface area (Å²) < 4.78 is 16.9. The first-order valence-corrected chi connectivity index (χ1v) is 11.7. The van der Waals surface area contributed by atoms with Gasteiger partial charge in [-0.2, -0.15) is 0 Å². The SMILES string of the molecule is CCCCNC(=O)[C@@]1(O)[C@H](C)CC2C3CCC4=CC(=O)C=C[C@]4(C)[C@@]3(F)CC[C@@]21C. The number of hydrogen-bond acceptors (Lipinski definition) is 3. The fourth-order valence-electron chi connectivity index (χ4n) is 7.43. The third kappa shape index (κ3) is 2.60. The van der Waals surface area contributed by atoms with E-state index in [2.05, 4.69) is 12.2 Å². The van der Waals surface area contributed by atoms with E-state index in [1.165, 1.54) is 6.08 Å². The van der Waals surface area contributed by atoms with Gasteiger partial charge in [0.15, 0.2) is 11.4 Å². The number of carbonyl (C=O) groups is 2. The summed E-state index contributed by atoms with van der Waals surface area (Å²) in [6, 6.07) is 0. The number of fused-ring (bicyclic) bond motifs is 5. The van der Waals surface area contributed by atoms with Crippen LogP contribution in [0.25, 0.3) is 0 Å². The highest BCUT2D eigenvalue weighted by Crippen LogP contribution is 2.70. The molecule has 0 saturated heterocycles. The van der Waals surface area contributed by atoms with Gasteiger partial charge in [0.1, 0.15) is 5.67 Å². The van der Waals surface area contributed by atoms with Crippen LogP contribution in [0.3, 0.4) is 0 Å². The molecule has 4 nitrogen and oxygen atoms in total. The first-order valence-electron chi connectivity index (χ1n) is 11.7. The fourth-order valence-corrected chi connectivity index (χ4v) is 7.43. The summed E-state index contributed by atoms with van der Waals surface area (Å²) in [6.07, 6.45) is 9.56. The van der Waals surface area contributed by atoms with Crippen LogP contribution in [0.2, 0.25) is 0 Å². The molecular weight excluding hydrogens is 381 g/mol. The van der Waals surface area contributed by atoms with E-state index in [1.54, 1.807) is 12.2 Å². The Balaban J connectivity index is 1.68. The standard InChI is InChI=1S/C25H36FNO3/c1-5-6-13-27-21(29)25(30)16(2)14-20-19-8-7-17-15-18(28)9-10-22(17,3)24(19,26)12-11-23(20,25)4/h9-10,15-16,19-20,30H,5-8,11-14H2,1-4H3,(H,27,29)/t16-,19?,20?,22+,23+,24-,25+/m1/s1. The van der Waals surface area contributed by atoms with E-state index in [-0.39, 0.29) is 29.4 Å². The molecule has 0 heterocycles. The summed E-state index contributed by atoms with van der Waals surface area (Å²) in [4.78, 5) is 25.1. The lowest BCUT2D eigenvalue weighted by atomic mass is 9.45. The minimum atomic E-state index is -1.47. The molecule has 3 saturated carbocycles. The smallest absolute Gasteiger partial charge is 0.252 e. The highest BCUT2D eigenvalue weighted by atomic mass is 19.1. The number of rotatable bonds is 4. The fraction of sp³-hybridized carbons (Fsp3) is 0.760. The second kappa shape index (κ2) is 7.01. The van der Waals surface area contributed by atoms with E-state index in [0.717, 1.165) is 18.4 Å². The number of halogens is 1. The second-order valence-corrected chi connectivity index (χ2v) is 10.7. The van der Waals surface area contributed by atoms with Crippen molar-refractivity contribution >= 4 is 11.7 Å². The maximum Gasteiger partial charge on any atom is 0.252 e. The van der Waals surface area contributed by atoms with Crippen LogP contribution in [0.4, 0.5) is 4.39 Å². The van der Waals surface area contributed by atoms with Crippen molar-refractivity contribution in [1.29, 1.82) is 0 Å². The summed E-state index contributed by atoms with van der Waals surface area (Å²) in [7, 11) is 0. The molecule has 0 aromatic carbocycles. The van der Waals surface area contributed by atoms with Crippen molar-refractivity contribution in [3.63, 3.8) is 0 Å². The summed E-state index contributed by atoms with van der Waals surface area (Å²) in [5.74, 6) is -0.846. The third-order valence-corrected chi connectivity index (χ3v) is 9.41. The van der Waals surface area contributed by atoms with E-state index in [1.807, 2.05) is 20.8 Å². The second-order valence-electron chi connectivity index (χ2n) is 10.7. The number of nitrogens with one attached hydrogen (secondary N) is 1. The first-order chi connectivity index (χ1) is 14.0. The first kappa shape index (κ1) is 21.7. The van der Waals surface area contributed by atoms with Crippen LogP contribution in [0.15, 0.2) is 23.8 Å². The molecule has 4 rings (SSSR count). The molecule has 5 heteroatoms. The zero-order chi connectivity index (χ0) is 21.9. The van der Waals surface area contributed by atoms with Crippen LogP contribution in [-0.2, 0) is 9.59 Å². The van der Waals surface area contributed by atoms with Gasteiger partial charge in [-0.3, -0.25) is 9.59 Å². The van der Waals surface area contributed by atoms with Gasteiger partial charge in [0.2, 0.25) is 0 Å². The number of ketones is 1. The van der Waals surface area contributed by atoms with Gasteiger partial charge in [0.05, 0.1) is 0 Å². The Kier molecular flexibility index (Phi) is 5.08. The van der Waals surface area contributed by atoms with Crippen LogP contribution >= 0.6 is 0 Å². The molecule has 2 unspecified atom stereocenters. The zero-order valence-corrected chi connectivity index (χ0v) is 18.8. The van der Waals surface area contributed by atoms with Gasteiger partial charge in [0, 0.05) is 17.4 Å². The predicted molar refractivity (Wildman–Crippen MR) is 114 cm³/mol. The molecule has 0 aliphatic heterocycles. The molecule has 0 aromatic heterocycles. The van der Waals surface area contributed by atoms with Crippen molar-refractivity contribution in [2.24, 2.45) is 28.6 Å². The lowest BCUT2D eigenvalue weighted by Gasteiger charge is -2.60. The van der Waals surface area contributed by atoms with Crippen molar-refractivity contribution in [1.82, 2.24) is 5.32 Å². The van der Waals surface area contributed by atoms with E-state index in [9.17, 15) is 14.7 Å². The Morgan fingerprint density at radius 1 is 1.30 bits per heavy atom. The summed E-state index contributed by atoms with van der Waals surface area (Å²) in [6.45, 7) is 8.51. The highest BCUT2D eigenvalue weighted by Gasteiger charge is 2.73. The van der Waals surface area contributed by atoms with Crippen LogP contribution in [0, 0.1) is 28.6 Å². The molecule has 30 heavy (non-hydrogen) atoms. The van der Waals surface area contributed by atoms with Crippen LogP contribution in [0.1, 0.15) is 72.6 Å². The quantitative estimate of drug-likeness (QED) is 0.671. The van der Waals surface area contributed by atoms with Crippen LogP contribution in [-0.4, -0.2) is 34.6 Å². The summed E-state index contributed by atoms with van der Waals surface area (Å²) in [5, 5.41) is 14.7. The van der Waals surface area contributed by atoms with Gasteiger partial charge in [0.25, 0.3) is 5.91 Å². The topological polar surface area (TPSA) is 66.4 Å². The van der Waals surface area contributed by atoms with Crippen LogP contribution < -0.4 is 5.32 Å². The van der Waals surface area contributed by atoms with E-state index < -0.39 is 22.1 Å². The normalized spacial score (nSPS) is 47.2. The number of unbranched alkanes of at least 4 members (excludes halogenated alkanes) is 1. The lowest BCUT2D eigenvalue weighted by molar-refractivity contribution is -0.182. The number of carbonyl (C=O) groups excluding carboxylic acids is 2. The van der Waals surface area contributed by atoms with Gasteiger partial charge >= 0.3 is 0 Å². The Morgan fingerprint density at radius 2 is 2.03 bits per heavy atom. The van der Waals surface area contributed by atoms with Gasteiger partial charge < -0.3 is 10.4 Å². The molecule has 0 bridgehead atoms. The Morgan fingerprint density at radius 3 is 2.73 bits per heavy atom. The number of alkyl halides is 1. The Labute approximate surface area is 179 Å². The predicted octanol–water partition coefficient (Wildman–Crippen LogP) is 4.28. The number of hydrogen-bond donors (Lipinski definition) is 2. The summed E-state index contributed by atoms with van der Waals surface area (Å²) in [5.41, 5.74) is -3.45. The molecule has 0 spiro atoms. The van der Waals surface area contributed by atoms with Gasteiger partial charge in [-0.05, 0) is 75.4 Å². The average Bonchev–Trinajstić information content (AvgIpc) is 2.91. The minimum absolute atomic E-state index is 0.0576. The lowest BCUT2D eigenvalue weighted by Crippen LogP contribution is -2.65. The molecule has 2 N–H and O–H groups in total. The van der Waals surface area contributed by atoms with E-state index in [4.69, 9.17) is 0 Å². The molecule has 3 fully saturated rings. The average molecular weight is 418 g/mol. The van der Waals surface area contributed by atoms with Gasteiger partial charge in [-0.1, -0.05) is 38.8 Å². The van der Waals surface area contributed by atoms with E-state index in [0.29, 0.717) is 38.6 Å². The van der Waals surface area contributed by atoms with Gasteiger partial charge in [-0.25, -0.2) is 4.39 Å². The largest absolute Gasteiger partial charge is 0.379 e. The zero-order valence-electron chi connectivity index (χ0n) is 18.8. The number of aliphatic hydroxyl groups is 1. The molecule has 0 radical (unpaired) electrons. The van der Waals surface area contributed by atoms with Crippen molar-refractivity contribution in [3.05, 3.63) is 23.8 Å². The van der Waals surface area contributed by atoms with Crippen LogP contribution in [0.5, 0.6) is 0 Å². The van der Waals surface area contributed by atoms with Gasteiger partial charge in [-0.15, -0.1) is 0 Å². The van der Waals surface area contributed by atoms with Crippen molar-refractivity contribution < 1.29 is 19.1 Å². The van der Waals surface area contributed by atoms with Crippen molar-refractivity contribution in [3.8, 4) is 0 Å².